The Labute approximate surface area is 93.7 Å². The molecule has 0 aromatic heterocycles. The molecule has 0 aliphatic carbocycles. The zero-order chi connectivity index (χ0) is 10.7. The van der Waals surface area contributed by atoms with Crippen molar-refractivity contribution in [3.8, 4) is 0 Å². The lowest BCUT2D eigenvalue weighted by atomic mass is 10.00. The summed E-state index contributed by atoms with van der Waals surface area (Å²) < 4.78 is 1.06. The summed E-state index contributed by atoms with van der Waals surface area (Å²) in [4.78, 5) is 2.06. The van der Waals surface area contributed by atoms with Crippen molar-refractivity contribution in [1.82, 2.24) is 0 Å². The first-order valence-corrected chi connectivity index (χ1v) is 5.43. The van der Waals surface area contributed by atoms with Crippen LogP contribution in [0.1, 0.15) is 18.4 Å². The highest BCUT2D eigenvalue weighted by Gasteiger charge is 2.14. The second kappa shape index (κ2) is 4.80. The molecule has 0 aliphatic heterocycles. The predicted octanol–water partition coefficient (Wildman–Crippen LogP) is 2.61. The topological polar surface area (TPSA) is 23.5 Å². The fourth-order valence-electron chi connectivity index (χ4n) is 1.49. The molecule has 14 heavy (non-hydrogen) atoms. The minimum Gasteiger partial charge on any atom is -0.396 e. The third-order valence-electron chi connectivity index (χ3n) is 2.28. The fraction of sp³-hybridized carbons (Fsp3) is 0.455. The molecule has 2 nitrogen and oxygen atoms in total. The van der Waals surface area contributed by atoms with Gasteiger partial charge in [0.15, 0.2) is 0 Å². The normalized spacial score (nSPS) is 12.6. The van der Waals surface area contributed by atoms with Crippen molar-refractivity contribution in [3.63, 3.8) is 0 Å². The first-order chi connectivity index (χ1) is 6.57. The number of hydrogen-bond donors (Lipinski definition) is 1. The summed E-state index contributed by atoms with van der Waals surface area (Å²) in [6.07, 6.45) is 0. The van der Waals surface area contributed by atoms with Crippen molar-refractivity contribution in [2.75, 3.05) is 25.6 Å². The maximum Gasteiger partial charge on any atom is 0.0498 e. The van der Waals surface area contributed by atoms with E-state index in [1.54, 1.807) is 0 Å². The van der Waals surface area contributed by atoms with Crippen LogP contribution >= 0.6 is 15.9 Å². The Morgan fingerprint density at radius 3 is 2.57 bits per heavy atom. The molecular weight excluding hydrogens is 242 g/mol. The van der Waals surface area contributed by atoms with Gasteiger partial charge in [-0.3, -0.25) is 0 Å². The number of aliphatic hydroxyl groups is 1. The molecule has 78 valence electrons. The van der Waals surface area contributed by atoms with Crippen LogP contribution in [0.3, 0.4) is 0 Å². The maximum absolute atomic E-state index is 9.18. The Kier molecular flexibility index (Phi) is 3.96. The van der Waals surface area contributed by atoms with Gasteiger partial charge in [-0.2, -0.15) is 0 Å². The third-order valence-corrected chi connectivity index (χ3v) is 2.97. The Bertz CT molecular complexity index is 312. The van der Waals surface area contributed by atoms with E-state index in [-0.39, 0.29) is 12.5 Å². The average molecular weight is 258 g/mol. The lowest BCUT2D eigenvalue weighted by molar-refractivity contribution is 0.273. The van der Waals surface area contributed by atoms with Gasteiger partial charge in [0.1, 0.15) is 0 Å². The molecule has 0 saturated carbocycles. The molecule has 0 fully saturated rings. The van der Waals surface area contributed by atoms with Crippen LogP contribution in [0.2, 0.25) is 0 Å². The standard InChI is InChI=1S/C11H16BrNO/c1-8(7-14)11-9(12)5-4-6-10(11)13(2)3/h4-6,8,14H,7H2,1-3H3. The monoisotopic (exact) mass is 257 g/mol. The van der Waals surface area contributed by atoms with E-state index in [1.165, 1.54) is 5.56 Å². The molecule has 1 unspecified atom stereocenters. The van der Waals surface area contributed by atoms with Gasteiger partial charge in [-0.1, -0.05) is 28.9 Å². The molecule has 1 atom stereocenters. The zero-order valence-electron chi connectivity index (χ0n) is 8.79. The SMILES string of the molecule is CC(CO)c1c(Br)cccc1N(C)C. The van der Waals surface area contributed by atoms with Crippen molar-refractivity contribution in [3.05, 3.63) is 28.2 Å². The van der Waals surface area contributed by atoms with E-state index < -0.39 is 0 Å². The smallest absolute Gasteiger partial charge is 0.0498 e. The predicted molar refractivity (Wildman–Crippen MR) is 64.0 cm³/mol. The van der Waals surface area contributed by atoms with E-state index in [0.29, 0.717) is 0 Å². The van der Waals surface area contributed by atoms with Crippen LogP contribution in [0.4, 0.5) is 5.69 Å². The van der Waals surface area contributed by atoms with Crippen molar-refractivity contribution in [2.24, 2.45) is 0 Å². The van der Waals surface area contributed by atoms with Crippen molar-refractivity contribution in [2.45, 2.75) is 12.8 Å². The van der Waals surface area contributed by atoms with E-state index in [4.69, 9.17) is 0 Å². The molecule has 3 heteroatoms. The van der Waals surface area contributed by atoms with E-state index in [0.717, 1.165) is 10.2 Å². The van der Waals surface area contributed by atoms with Gasteiger partial charge in [0.25, 0.3) is 0 Å². The summed E-state index contributed by atoms with van der Waals surface area (Å²) in [7, 11) is 4.02. The number of benzene rings is 1. The van der Waals surface area contributed by atoms with E-state index in [9.17, 15) is 5.11 Å². The lowest BCUT2D eigenvalue weighted by Gasteiger charge is -2.21. The van der Waals surface area contributed by atoms with Crippen molar-refractivity contribution >= 4 is 21.6 Å². The average Bonchev–Trinajstić information content (AvgIpc) is 2.16. The third kappa shape index (κ3) is 2.28. The molecule has 0 saturated heterocycles. The molecule has 0 amide bonds. The highest BCUT2D eigenvalue weighted by atomic mass is 79.9. The minimum absolute atomic E-state index is 0.156. The summed E-state index contributed by atoms with van der Waals surface area (Å²) in [5, 5.41) is 9.18. The van der Waals surface area contributed by atoms with Crippen LogP contribution in [0, 0.1) is 0 Å². The Morgan fingerprint density at radius 1 is 1.43 bits per heavy atom. The van der Waals surface area contributed by atoms with Gasteiger partial charge in [0, 0.05) is 36.8 Å². The summed E-state index contributed by atoms with van der Waals surface area (Å²) in [5.74, 6) is 0.156. The molecule has 0 heterocycles. The van der Waals surface area contributed by atoms with Crippen LogP contribution in [0.5, 0.6) is 0 Å². The van der Waals surface area contributed by atoms with E-state index in [1.807, 2.05) is 33.2 Å². The van der Waals surface area contributed by atoms with Gasteiger partial charge in [-0.05, 0) is 17.7 Å². The summed E-state index contributed by atoms with van der Waals surface area (Å²) >= 11 is 3.52. The highest BCUT2D eigenvalue weighted by molar-refractivity contribution is 9.10. The second-order valence-electron chi connectivity index (χ2n) is 3.65. The van der Waals surface area contributed by atoms with Crippen LogP contribution < -0.4 is 4.90 Å². The van der Waals surface area contributed by atoms with Gasteiger partial charge >= 0.3 is 0 Å². The van der Waals surface area contributed by atoms with Crippen LogP contribution in [0.25, 0.3) is 0 Å². The van der Waals surface area contributed by atoms with Crippen LogP contribution in [0.15, 0.2) is 22.7 Å². The van der Waals surface area contributed by atoms with Crippen LogP contribution in [-0.2, 0) is 0 Å². The van der Waals surface area contributed by atoms with Gasteiger partial charge < -0.3 is 10.0 Å². The van der Waals surface area contributed by atoms with Gasteiger partial charge in [0.05, 0.1) is 0 Å². The summed E-state index contributed by atoms with van der Waals surface area (Å²) in [6.45, 7) is 2.19. The molecule has 1 aromatic rings. The number of anilines is 1. The molecule has 0 bridgehead atoms. The van der Waals surface area contributed by atoms with Gasteiger partial charge in [-0.25, -0.2) is 0 Å². The van der Waals surface area contributed by atoms with Crippen LogP contribution in [-0.4, -0.2) is 25.8 Å². The molecule has 0 aliphatic rings. The Morgan fingerprint density at radius 2 is 2.07 bits per heavy atom. The molecule has 1 N–H and O–H groups in total. The number of hydrogen-bond acceptors (Lipinski definition) is 2. The van der Waals surface area contributed by atoms with Crippen molar-refractivity contribution in [1.29, 1.82) is 0 Å². The number of aliphatic hydroxyl groups excluding tert-OH is 1. The van der Waals surface area contributed by atoms with E-state index >= 15 is 0 Å². The van der Waals surface area contributed by atoms with E-state index in [2.05, 4.69) is 26.9 Å². The summed E-state index contributed by atoms with van der Waals surface area (Å²) in [6, 6.07) is 6.08. The van der Waals surface area contributed by atoms with Gasteiger partial charge in [0.2, 0.25) is 0 Å². The Hall–Kier alpha value is -0.540. The maximum atomic E-state index is 9.18. The first-order valence-electron chi connectivity index (χ1n) is 4.64. The molecule has 0 radical (unpaired) electrons. The van der Waals surface area contributed by atoms with Crippen molar-refractivity contribution < 1.29 is 5.11 Å². The second-order valence-corrected chi connectivity index (χ2v) is 4.51. The number of nitrogens with zero attached hydrogens (tertiary/aromatic N) is 1. The molecule has 1 rings (SSSR count). The summed E-state index contributed by atoms with van der Waals surface area (Å²) in [5.41, 5.74) is 2.32. The number of rotatable bonds is 3. The zero-order valence-corrected chi connectivity index (χ0v) is 10.4. The lowest BCUT2D eigenvalue weighted by Crippen LogP contribution is -2.14. The largest absolute Gasteiger partial charge is 0.396 e. The molecule has 1 aromatic carbocycles. The Balaban J connectivity index is 3.22. The molecular formula is C11H16BrNO. The molecule has 0 spiro atoms. The van der Waals surface area contributed by atoms with Gasteiger partial charge in [-0.15, -0.1) is 0 Å². The highest BCUT2D eigenvalue weighted by Crippen LogP contribution is 2.32. The fourth-order valence-corrected chi connectivity index (χ4v) is 2.24. The first kappa shape index (κ1) is 11.5. The number of halogens is 1. The quantitative estimate of drug-likeness (QED) is 0.900. The minimum atomic E-state index is 0.156.